The van der Waals surface area contributed by atoms with E-state index in [1.54, 1.807) is 13.2 Å². The molecule has 5 nitrogen and oxygen atoms in total. The highest BCUT2D eigenvalue weighted by Gasteiger charge is 2.35. The fraction of sp³-hybridized carbons (Fsp3) is 0.368. The van der Waals surface area contributed by atoms with E-state index in [0.29, 0.717) is 16.9 Å². The third-order valence-electron chi connectivity index (χ3n) is 5.12. The molecule has 1 aromatic carbocycles. The topological polar surface area (TPSA) is 46.5 Å². The molecule has 0 aliphatic carbocycles. The number of ether oxygens (including phenoxy) is 1. The van der Waals surface area contributed by atoms with E-state index in [1.807, 2.05) is 34.9 Å². The van der Waals surface area contributed by atoms with Gasteiger partial charge in [-0.05, 0) is 42.8 Å². The predicted molar refractivity (Wildman–Crippen MR) is 102 cm³/mol. The summed E-state index contributed by atoms with van der Waals surface area (Å²) >= 11 is 5.66. The van der Waals surface area contributed by atoms with Crippen molar-refractivity contribution in [3.05, 3.63) is 58.5 Å². The van der Waals surface area contributed by atoms with Gasteiger partial charge in [-0.3, -0.25) is 4.79 Å². The Hall–Kier alpha value is -2.34. The first-order valence-corrected chi connectivity index (χ1v) is 8.95. The molecule has 1 saturated heterocycles. The second kappa shape index (κ2) is 6.52. The molecule has 0 spiro atoms. The first-order chi connectivity index (χ1) is 12.2. The number of thiocarbonyl (C=S) groups is 1. The molecule has 6 heteroatoms. The van der Waals surface area contributed by atoms with Crippen molar-refractivity contribution in [1.82, 2.24) is 9.47 Å². The van der Waals surface area contributed by atoms with E-state index < -0.39 is 0 Å². The number of piperidine rings is 1. The maximum Gasteiger partial charge on any atom is 0.250 e. The van der Waals surface area contributed by atoms with Crippen LogP contribution in [0.1, 0.15) is 18.0 Å². The van der Waals surface area contributed by atoms with E-state index in [1.165, 1.54) is 0 Å². The van der Waals surface area contributed by atoms with E-state index >= 15 is 0 Å². The number of nitrogens with zero attached hydrogens (tertiary/aromatic N) is 2. The monoisotopic (exact) mass is 355 g/mol. The number of rotatable bonds is 2. The van der Waals surface area contributed by atoms with Crippen molar-refractivity contribution in [3.63, 3.8) is 0 Å². The molecule has 2 aliphatic heterocycles. The van der Waals surface area contributed by atoms with Gasteiger partial charge in [0.25, 0.3) is 5.56 Å². The summed E-state index contributed by atoms with van der Waals surface area (Å²) in [5.41, 5.74) is 2.12. The van der Waals surface area contributed by atoms with Gasteiger partial charge in [-0.25, -0.2) is 0 Å². The number of methoxy groups -OCH3 is 1. The van der Waals surface area contributed by atoms with Gasteiger partial charge in [-0.15, -0.1) is 0 Å². The van der Waals surface area contributed by atoms with Crippen LogP contribution in [0.5, 0.6) is 5.75 Å². The number of hydrogen-bond donors (Lipinski definition) is 1. The third kappa shape index (κ3) is 3.02. The molecule has 0 saturated carbocycles. The van der Waals surface area contributed by atoms with Crippen LogP contribution in [0.15, 0.2) is 47.3 Å². The predicted octanol–water partition coefficient (Wildman–Crippen LogP) is 2.67. The number of anilines is 1. The van der Waals surface area contributed by atoms with Gasteiger partial charge in [0.1, 0.15) is 5.75 Å². The number of pyridine rings is 1. The number of fused-ring (bicyclic) bond motifs is 4. The second-order valence-electron chi connectivity index (χ2n) is 6.73. The Balaban J connectivity index is 1.54. The lowest BCUT2D eigenvalue weighted by Gasteiger charge is -2.43. The van der Waals surface area contributed by atoms with Gasteiger partial charge < -0.3 is 19.5 Å². The molecule has 3 heterocycles. The van der Waals surface area contributed by atoms with Crippen LogP contribution in [0.4, 0.5) is 5.69 Å². The number of likely N-dealkylation sites (tertiary alicyclic amines) is 1. The molecular weight excluding hydrogens is 334 g/mol. The van der Waals surface area contributed by atoms with Gasteiger partial charge in [0, 0.05) is 37.3 Å². The SMILES string of the molecule is COc1ccccc1NC(=S)N1C[C@H]2C[C@H](C1)c1cccc(=O)n1C2. The Bertz CT molecular complexity index is 864. The molecule has 2 bridgehead atoms. The smallest absolute Gasteiger partial charge is 0.250 e. The lowest BCUT2D eigenvalue weighted by Crippen LogP contribution is -2.50. The van der Waals surface area contributed by atoms with E-state index in [0.717, 1.165) is 43.2 Å². The maximum atomic E-state index is 12.1. The zero-order valence-electron chi connectivity index (χ0n) is 14.1. The first kappa shape index (κ1) is 16.1. The summed E-state index contributed by atoms with van der Waals surface area (Å²) in [6.45, 7) is 2.48. The molecule has 0 amide bonds. The maximum absolute atomic E-state index is 12.1. The minimum Gasteiger partial charge on any atom is -0.495 e. The Labute approximate surface area is 152 Å². The lowest BCUT2D eigenvalue weighted by atomic mass is 9.83. The van der Waals surface area contributed by atoms with E-state index in [9.17, 15) is 4.79 Å². The molecule has 130 valence electrons. The zero-order valence-corrected chi connectivity index (χ0v) is 15.0. The second-order valence-corrected chi connectivity index (χ2v) is 7.12. The van der Waals surface area contributed by atoms with Gasteiger partial charge in [0.2, 0.25) is 0 Å². The summed E-state index contributed by atoms with van der Waals surface area (Å²) in [6, 6.07) is 13.4. The molecule has 0 unspecified atom stereocenters. The highest BCUT2D eigenvalue weighted by molar-refractivity contribution is 7.80. The van der Waals surface area contributed by atoms with E-state index in [-0.39, 0.29) is 5.56 Å². The van der Waals surface area contributed by atoms with Crippen molar-refractivity contribution in [1.29, 1.82) is 0 Å². The van der Waals surface area contributed by atoms with Gasteiger partial charge in [0.15, 0.2) is 5.11 Å². The first-order valence-electron chi connectivity index (χ1n) is 8.54. The van der Waals surface area contributed by atoms with Gasteiger partial charge >= 0.3 is 0 Å². The minimum atomic E-state index is 0.107. The largest absolute Gasteiger partial charge is 0.495 e. The van der Waals surface area contributed by atoms with Gasteiger partial charge in [0.05, 0.1) is 12.8 Å². The van der Waals surface area contributed by atoms with E-state index in [4.69, 9.17) is 17.0 Å². The molecular formula is C19H21N3O2S. The summed E-state index contributed by atoms with van der Waals surface area (Å²) in [7, 11) is 1.66. The van der Waals surface area contributed by atoms with E-state index in [2.05, 4.69) is 16.3 Å². The van der Waals surface area contributed by atoms with Crippen LogP contribution in [0, 0.1) is 5.92 Å². The normalized spacial score (nSPS) is 21.4. The van der Waals surface area contributed by atoms with Crippen LogP contribution in [0.25, 0.3) is 0 Å². The van der Waals surface area contributed by atoms with Crippen molar-refractivity contribution >= 4 is 23.0 Å². The van der Waals surface area contributed by atoms with Crippen molar-refractivity contribution in [2.24, 2.45) is 5.92 Å². The molecule has 4 rings (SSSR count). The van der Waals surface area contributed by atoms with Crippen LogP contribution in [-0.4, -0.2) is 34.8 Å². The number of hydrogen-bond acceptors (Lipinski definition) is 3. The van der Waals surface area contributed by atoms with Crippen LogP contribution in [0.3, 0.4) is 0 Å². The summed E-state index contributed by atoms with van der Waals surface area (Å²) in [4.78, 5) is 14.3. The number of aromatic nitrogens is 1. The minimum absolute atomic E-state index is 0.107. The highest BCUT2D eigenvalue weighted by Crippen LogP contribution is 2.35. The Morgan fingerprint density at radius 3 is 2.84 bits per heavy atom. The van der Waals surface area contributed by atoms with Gasteiger partial charge in [-0.1, -0.05) is 18.2 Å². The standard InChI is InChI=1S/C19H21N3O2S/c1-24-17-7-3-2-5-15(17)20-19(25)21-10-13-9-14(12-21)16-6-4-8-18(23)22(16)11-13/h2-8,13-14H,9-12H2,1H3,(H,20,25)/t13-,14-/m1/s1. The fourth-order valence-corrected chi connectivity index (χ4v) is 4.26. The van der Waals surface area contributed by atoms with Crippen LogP contribution < -0.4 is 15.6 Å². The van der Waals surface area contributed by atoms with Crippen molar-refractivity contribution in [2.45, 2.75) is 18.9 Å². The van der Waals surface area contributed by atoms with Crippen LogP contribution in [-0.2, 0) is 6.54 Å². The average molecular weight is 355 g/mol. The van der Waals surface area contributed by atoms with Crippen LogP contribution >= 0.6 is 12.2 Å². The third-order valence-corrected chi connectivity index (χ3v) is 5.48. The Kier molecular flexibility index (Phi) is 4.21. The number of benzene rings is 1. The summed E-state index contributed by atoms with van der Waals surface area (Å²) in [6.07, 6.45) is 1.12. The van der Waals surface area contributed by atoms with Crippen LogP contribution in [0.2, 0.25) is 0 Å². The quantitative estimate of drug-likeness (QED) is 0.840. The van der Waals surface area contributed by atoms with Crippen molar-refractivity contribution in [3.8, 4) is 5.75 Å². The molecule has 2 atom stereocenters. The number of para-hydroxylation sites is 2. The number of nitrogens with one attached hydrogen (secondary N) is 1. The molecule has 25 heavy (non-hydrogen) atoms. The molecule has 1 aromatic heterocycles. The molecule has 2 aromatic rings. The molecule has 1 fully saturated rings. The Morgan fingerprint density at radius 1 is 1.16 bits per heavy atom. The van der Waals surface area contributed by atoms with Crippen molar-refractivity contribution in [2.75, 3.05) is 25.5 Å². The van der Waals surface area contributed by atoms with Crippen molar-refractivity contribution < 1.29 is 4.74 Å². The highest BCUT2D eigenvalue weighted by atomic mass is 32.1. The average Bonchev–Trinajstić information content (AvgIpc) is 2.63. The summed E-state index contributed by atoms with van der Waals surface area (Å²) in [5.74, 6) is 1.57. The summed E-state index contributed by atoms with van der Waals surface area (Å²) < 4.78 is 7.33. The van der Waals surface area contributed by atoms with Gasteiger partial charge in [-0.2, -0.15) is 0 Å². The molecule has 1 N–H and O–H groups in total. The zero-order chi connectivity index (χ0) is 17.4. The molecule has 2 aliphatic rings. The fourth-order valence-electron chi connectivity index (χ4n) is 4.00. The lowest BCUT2D eigenvalue weighted by molar-refractivity contribution is 0.180. The molecule has 0 radical (unpaired) electrons. The Morgan fingerprint density at radius 2 is 2.00 bits per heavy atom. The summed E-state index contributed by atoms with van der Waals surface area (Å²) in [5, 5.41) is 4.03.